The largest absolute Gasteiger partial charge is 0.308 e. The monoisotopic (exact) mass is 222 g/mol. The average molecular weight is 222 g/mol. The lowest BCUT2D eigenvalue weighted by Crippen LogP contribution is -2.36. The number of hydrogen-bond acceptors (Lipinski definition) is 2. The highest BCUT2D eigenvalue weighted by molar-refractivity contribution is 5.30. The zero-order valence-corrected chi connectivity index (χ0v) is 10.0. The molecular formula is C13H19FN2. The van der Waals surface area contributed by atoms with Gasteiger partial charge < -0.3 is 4.90 Å². The van der Waals surface area contributed by atoms with E-state index in [1.807, 2.05) is 12.1 Å². The summed E-state index contributed by atoms with van der Waals surface area (Å²) in [6.07, 6.45) is 0.843. The Morgan fingerprint density at radius 1 is 1.38 bits per heavy atom. The second-order valence-electron chi connectivity index (χ2n) is 4.71. The molecule has 1 aliphatic rings. The minimum atomic E-state index is -0.0373. The summed E-state index contributed by atoms with van der Waals surface area (Å²) >= 11 is 0. The van der Waals surface area contributed by atoms with Gasteiger partial charge in [0.25, 0.3) is 0 Å². The fraction of sp³-hybridized carbons (Fsp3) is 0.538. The predicted molar refractivity (Wildman–Crippen MR) is 63.9 cm³/mol. The SMILES string of the molecule is CN(C)CCN1CCc2c(F)cccc2C1. The lowest BCUT2D eigenvalue weighted by Gasteiger charge is -2.29. The molecule has 0 aliphatic carbocycles. The molecule has 0 radical (unpaired) electrons. The molecule has 0 bridgehead atoms. The Labute approximate surface area is 96.7 Å². The molecular weight excluding hydrogens is 203 g/mol. The first-order valence-electron chi connectivity index (χ1n) is 5.80. The summed E-state index contributed by atoms with van der Waals surface area (Å²) in [5.74, 6) is -0.0373. The van der Waals surface area contributed by atoms with Gasteiger partial charge in [-0.3, -0.25) is 4.90 Å². The zero-order chi connectivity index (χ0) is 11.5. The van der Waals surface area contributed by atoms with Crippen LogP contribution in [0.3, 0.4) is 0 Å². The van der Waals surface area contributed by atoms with Gasteiger partial charge in [-0.1, -0.05) is 12.1 Å². The third kappa shape index (κ3) is 2.60. The fourth-order valence-electron chi connectivity index (χ4n) is 2.15. The second kappa shape index (κ2) is 4.93. The van der Waals surface area contributed by atoms with Crippen LogP contribution in [0.4, 0.5) is 4.39 Å². The zero-order valence-electron chi connectivity index (χ0n) is 10.0. The summed E-state index contributed by atoms with van der Waals surface area (Å²) in [6, 6.07) is 5.41. The smallest absolute Gasteiger partial charge is 0.126 e. The average Bonchev–Trinajstić information content (AvgIpc) is 2.26. The Morgan fingerprint density at radius 3 is 2.94 bits per heavy atom. The van der Waals surface area contributed by atoms with E-state index in [9.17, 15) is 4.39 Å². The number of nitrogens with zero attached hydrogens (tertiary/aromatic N) is 2. The molecule has 88 valence electrons. The van der Waals surface area contributed by atoms with Gasteiger partial charge in [0.1, 0.15) is 5.82 Å². The van der Waals surface area contributed by atoms with Crippen molar-refractivity contribution in [3.05, 3.63) is 35.1 Å². The van der Waals surface area contributed by atoms with Crippen molar-refractivity contribution < 1.29 is 4.39 Å². The summed E-state index contributed by atoms with van der Waals surface area (Å²) in [6.45, 7) is 3.98. The van der Waals surface area contributed by atoms with E-state index < -0.39 is 0 Å². The summed E-state index contributed by atoms with van der Waals surface area (Å²) < 4.78 is 13.5. The molecule has 0 aromatic heterocycles. The van der Waals surface area contributed by atoms with Crippen molar-refractivity contribution in [1.29, 1.82) is 0 Å². The normalized spacial score (nSPS) is 16.5. The third-order valence-electron chi connectivity index (χ3n) is 3.15. The second-order valence-corrected chi connectivity index (χ2v) is 4.71. The topological polar surface area (TPSA) is 6.48 Å². The van der Waals surface area contributed by atoms with E-state index >= 15 is 0 Å². The molecule has 0 fully saturated rings. The van der Waals surface area contributed by atoms with Crippen LogP contribution >= 0.6 is 0 Å². The van der Waals surface area contributed by atoms with E-state index in [4.69, 9.17) is 0 Å². The molecule has 0 N–H and O–H groups in total. The molecule has 1 heterocycles. The van der Waals surface area contributed by atoms with Crippen LogP contribution in [-0.4, -0.2) is 43.5 Å². The van der Waals surface area contributed by atoms with E-state index in [2.05, 4.69) is 23.9 Å². The van der Waals surface area contributed by atoms with Gasteiger partial charge in [-0.2, -0.15) is 0 Å². The van der Waals surface area contributed by atoms with Crippen LogP contribution in [0.2, 0.25) is 0 Å². The Morgan fingerprint density at radius 2 is 2.19 bits per heavy atom. The molecule has 1 aromatic carbocycles. The molecule has 0 saturated heterocycles. The first-order valence-corrected chi connectivity index (χ1v) is 5.80. The van der Waals surface area contributed by atoms with Crippen LogP contribution in [0.5, 0.6) is 0 Å². The van der Waals surface area contributed by atoms with E-state index in [-0.39, 0.29) is 5.82 Å². The van der Waals surface area contributed by atoms with Gasteiger partial charge in [0.15, 0.2) is 0 Å². The van der Waals surface area contributed by atoms with Crippen molar-refractivity contribution >= 4 is 0 Å². The molecule has 3 heteroatoms. The number of halogens is 1. The van der Waals surface area contributed by atoms with Gasteiger partial charge in [0.2, 0.25) is 0 Å². The number of rotatable bonds is 3. The molecule has 0 saturated carbocycles. The quantitative estimate of drug-likeness (QED) is 0.768. The Kier molecular flexibility index (Phi) is 3.56. The molecule has 0 spiro atoms. The number of fused-ring (bicyclic) bond motifs is 1. The first kappa shape index (κ1) is 11.6. The van der Waals surface area contributed by atoms with Crippen LogP contribution in [0.15, 0.2) is 18.2 Å². The lowest BCUT2D eigenvalue weighted by atomic mass is 9.99. The van der Waals surface area contributed by atoms with E-state index in [0.29, 0.717) is 0 Å². The van der Waals surface area contributed by atoms with Crippen molar-refractivity contribution in [1.82, 2.24) is 9.80 Å². The van der Waals surface area contributed by atoms with Gasteiger partial charge in [-0.25, -0.2) is 4.39 Å². The summed E-state index contributed by atoms with van der Waals surface area (Å²) in [4.78, 5) is 4.57. The van der Waals surface area contributed by atoms with Gasteiger partial charge in [0.05, 0.1) is 0 Å². The van der Waals surface area contributed by atoms with Gasteiger partial charge in [-0.05, 0) is 37.7 Å². The molecule has 0 amide bonds. The number of benzene rings is 1. The van der Waals surface area contributed by atoms with Gasteiger partial charge in [-0.15, -0.1) is 0 Å². The molecule has 0 atom stereocenters. The van der Waals surface area contributed by atoms with Crippen molar-refractivity contribution in [2.45, 2.75) is 13.0 Å². The van der Waals surface area contributed by atoms with Crippen LogP contribution in [0.25, 0.3) is 0 Å². The van der Waals surface area contributed by atoms with Crippen LogP contribution in [-0.2, 0) is 13.0 Å². The van der Waals surface area contributed by atoms with Crippen molar-refractivity contribution in [2.75, 3.05) is 33.7 Å². The van der Waals surface area contributed by atoms with Gasteiger partial charge in [0, 0.05) is 26.2 Å². The maximum absolute atomic E-state index is 13.5. The fourth-order valence-corrected chi connectivity index (χ4v) is 2.15. The maximum atomic E-state index is 13.5. The molecule has 2 nitrogen and oxygen atoms in total. The summed E-state index contributed by atoms with van der Waals surface area (Å²) in [5.41, 5.74) is 2.08. The summed E-state index contributed by atoms with van der Waals surface area (Å²) in [7, 11) is 4.16. The van der Waals surface area contributed by atoms with Crippen molar-refractivity contribution in [3.8, 4) is 0 Å². The van der Waals surface area contributed by atoms with E-state index in [1.165, 1.54) is 0 Å². The highest BCUT2D eigenvalue weighted by Gasteiger charge is 2.18. The lowest BCUT2D eigenvalue weighted by molar-refractivity contribution is 0.223. The van der Waals surface area contributed by atoms with Crippen LogP contribution in [0.1, 0.15) is 11.1 Å². The highest BCUT2D eigenvalue weighted by atomic mass is 19.1. The predicted octanol–water partition coefficient (Wildman–Crippen LogP) is 1.75. The third-order valence-corrected chi connectivity index (χ3v) is 3.15. The minimum Gasteiger partial charge on any atom is -0.308 e. The van der Waals surface area contributed by atoms with Gasteiger partial charge >= 0.3 is 0 Å². The highest BCUT2D eigenvalue weighted by Crippen LogP contribution is 2.21. The van der Waals surface area contributed by atoms with E-state index in [1.54, 1.807) is 6.07 Å². The Hall–Kier alpha value is -0.930. The van der Waals surface area contributed by atoms with Crippen molar-refractivity contribution in [3.63, 3.8) is 0 Å². The van der Waals surface area contributed by atoms with E-state index in [0.717, 1.165) is 43.7 Å². The molecule has 0 unspecified atom stereocenters. The van der Waals surface area contributed by atoms with Crippen molar-refractivity contribution in [2.24, 2.45) is 0 Å². The minimum absolute atomic E-state index is 0.0373. The van der Waals surface area contributed by atoms with Crippen LogP contribution < -0.4 is 0 Å². The number of hydrogen-bond donors (Lipinski definition) is 0. The summed E-state index contributed by atoms with van der Waals surface area (Å²) in [5, 5.41) is 0. The Bertz CT molecular complexity index is 363. The molecule has 16 heavy (non-hydrogen) atoms. The maximum Gasteiger partial charge on any atom is 0.126 e. The molecule has 1 aliphatic heterocycles. The van der Waals surface area contributed by atoms with Crippen LogP contribution in [0, 0.1) is 5.82 Å². The standard InChI is InChI=1S/C13H19FN2/c1-15(2)8-9-16-7-6-12-11(10-16)4-3-5-13(12)14/h3-5H,6-10H2,1-2H3. The molecule has 2 rings (SSSR count). The molecule has 1 aromatic rings. The Balaban J connectivity index is 2.01. The number of likely N-dealkylation sites (N-methyl/N-ethyl adjacent to an activating group) is 1. The first-order chi connectivity index (χ1) is 7.66.